The average Bonchev–Trinajstić information content (AvgIpc) is 3.15. The Hall–Kier alpha value is -1.76. The molecule has 0 unspecified atom stereocenters. The molecule has 0 saturated carbocycles. The van der Waals surface area contributed by atoms with Crippen molar-refractivity contribution in [2.24, 2.45) is 0 Å². The molecule has 3 heterocycles. The lowest BCUT2D eigenvalue weighted by molar-refractivity contribution is 0.117. The third-order valence-corrected chi connectivity index (χ3v) is 5.64. The lowest BCUT2D eigenvalue weighted by atomic mass is 10.2. The number of nitrogens with one attached hydrogen (secondary N) is 1. The number of nitrogens with zero attached hydrogens (tertiary/aromatic N) is 3. The summed E-state index contributed by atoms with van der Waals surface area (Å²) in [5.41, 5.74) is 1.50. The zero-order valence-electron chi connectivity index (χ0n) is 15.2. The summed E-state index contributed by atoms with van der Waals surface area (Å²) in [5.74, 6) is -0.374. The zero-order chi connectivity index (χ0) is 17.9. The quantitative estimate of drug-likeness (QED) is 0.886. The molecule has 0 aliphatic carbocycles. The maximum absolute atomic E-state index is 13.3. The molecule has 2 fully saturated rings. The fourth-order valence-corrected chi connectivity index (χ4v) is 4.06. The molecule has 2 saturated heterocycles. The average molecular weight is 358 g/mol. The number of rotatable bonds is 5. The molecule has 0 spiro atoms. The van der Waals surface area contributed by atoms with Crippen molar-refractivity contribution < 1.29 is 4.39 Å². The van der Waals surface area contributed by atoms with Crippen molar-refractivity contribution in [2.75, 3.05) is 52.4 Å². The van der Waals surface area contributed by atoms with E-state index in [4.69, 9.17) is 0 Å². The van der Waals surface area contributed by atoms with Gasteiger partial charge < -0.3 is 9.88 Å². The second kappa shape index (κ2) is 7.86. The number of H-pyrrole nitrogens is 1. The SMILES string of the molecule is O=c1cc(CN2CCN(CCN3CCCC3)CC2)[nH]c2ccc(F)cc12. The third-order valence-electron chi connectivity index (χ3n) is 5.64. The smallest absolute Gasteiger partial charge is 0.189 e. The molecule has 1 aromatic heterocycles. The first-order valence-electron chi connectivity index (χ1n) is 9.66. The molecule has 1 N–H and O–H groups in total. The van der Waals surface area contributed by atoms with E-state index in [1.807, 2.05) is 0 Å². The van der Waals surface area contributed by atoms with Gasteiger partial charge in [0.15, 0.2) is 5.43 Å². The highest BCUT2D eigenvalue weighted by Gasteiger charge is 2.19. The number of hydrogen-bond acceptors (Lipinski definition) is 4. The highest BCUT2D eigenvalue weighted by Crippen LogP contribution is 2.13. The van der Waals surface area contributed by atoms with Crippen molar-refractivity contribution in [3.8, 4) is 0 Å². The number of piperazine rings is 1. The lowest BCUT2D eigenvalue weighted by Crippen LogP contribution is -2.48. The molecule has 1 aromatic carbocycles. The van der Waals surface area contributed by atoms with Gasteiger partial charge in [0.25, 0.3) is 0 Å². The van der Waals surface area contributed by atoms with Gasteiger partial charge in [-0.2, -0.15) is 0 Å². The van der Waals surface area contributed by atoms with Crippen LogP contribution in [0.2, 0.25) is 0 Å². The van der Waals surface area contributed by atoms with Gasteiger partial charge in [-0.3, -0.25) is 14.6 Å². The number of benzene rings is 1. The second-order valence-electron chi connectivity index (χ2n) is 7.52. The van der Waals surface area contributed by atoms with E-state index in [0.717, 1.165) is 45.0 Å². The van der Waals surface area contributed by atoms with E-state index < -0.39 is 0 Å². The van der Waals surface area contributed by atoms with Gasteiger partial charge in [-0.05, 0) is 44.1 Å². The summed E-state index contributed by atoms with van der Waals surface area (Å²) in [4.78, 5) is 23.0. The minimum Gasteiger partial charge on any atom is -0.357 e. The predicted octanol–water partition coefficient (Wildman–Crippen LogP) is 1.88. The van der Waals surface area contributed by atoms with Crippen molar-refractivity contribution in [3.05, 3.63) is 46.0 Å². The molecular weight excluding hydrogens is 331 g/mol. The third kappa shape index (κ3) is 4.14. The van der Waals surface area contributed by atoms with Gasteiger partial charge in [0.05, 0.1) is 0 Å². The van der Waals surface area contributed by atoms with Crippen LogP contribution in [0.25, 0.3) is 10.9 Å². The summed E-state index contributed by atoms with van der Waals surface area (Å²) in [6.45, 7) is 9.81. The Bertz CT molecular complexity index is 807. The Morgan fingerprint density at radius 3 is 2.27 bits per heavy atom. The van der Waals surface area contributed by atoms with E-state index in [1.165, 1.54) is 44.6 Å². The van der Waals surface area contributed by atoms with Crippen molar-refractivity contribution in [1.29, 1.82) is 0 Å². The lowest BCUT2D eigenvalue weighted by Gasteiger charge is -2.35. The van der Waals surface area contributed by atoms with E-state index in [0.29, 0.717) is 10.9 Å². The highest BCUT2D eigenvalue weighted by molar-refractivity contribution is 5.78. The van der Waals surface area contributed by atoms with Crippen LogP contribution in [0.5, 0.6) is 0 Å². The predicted molar refractivity (Wildman–Crippen MR) is 102 cm³/mol. The van der Waals surface area contributed by atoms with E-state index >= 15 is 0 Å². The number of fused-ring (bicyclic) bond motifs is 1. The van der Waals surface area contributed by atoms with Gasteiger partial charge >= 0.3 is 0 Å². The molecule has 0 bridgehead atoms. The number of likely N-dealkylation sites (tertiary alicyclic amines) is 1. The van der Waals surface area contributed by atoms with E-state index in [9.17, 15) is 9.18 Å². The monoisotopic (exact) mass is 358 g/mol. The number of halogens is 1. The molecule has 26 heavy (non-hydrogen) atoms. The summed E-state index contributed by atoms with van der Waals surface area (Å²) >= 11 is 0. The summed E-state index contributed by atoms with van der Waals surface area (Å²) in [6, 6.07) is 5.95. The first kappa shape index (κ1) is 17.6. The molecule has 2 aromatic rings. The van der Waals surface area contributed by atoms with Crippen LogP contribution < -0.4 is 5.43 Å². The molecule has 6 heteroatoms. The van der Waals surface area contributed by atoms with Gasteiger partial charge in [0.1, 0.15) is 5.82 Å². The minimum absolute atomic E-state index is 0.113. The van der Waals surface area contributed by atoms with Crippen LogP contribution in [0, 0.1) is 5.82 Å². The fourth-order valence-electron chi connectivity index (χ4n) is 4.06. The van der Waals surface area contributed by atoms with Crippen LogP contribution >= 0.6 is 0 Å². The van der Waals surface area contributed by atoms with Gasteiger partial charge in [0.2, 0.25) is 0 Å². The Morgan fingerprint density at radius 2 is 1.54 bits per heavy atom. The van der Waals surface area contributed by atoms with Crippen molar-refractivity contribution >= 4 is 10.9 Å². The maximum atomic E-state index is 13.3. The Morgan fingerprint density at radius 1 is 0.885 bits per heavy atom. The van der Waals surface area contributed by atoms with Gasteiger partial charge in [-0.1, -0.05) is 0 Å². The first-order valence-corrected chi connectivity index (χ1v) is 9.66. The molecule has 0 radical (unpaired) electrons. The normalized spacial score (nSPS) is 20.2. The summed E-state index contributed by atoms with van der Waals surface area (Å²) in [5, 5.41) is 0.417. The topological polar surface area (TPSA) is 42.6 Å². The van der Waals surface area contributed by atoms with E-state index in [-0.39, 0.29) is 11.2 Å². The standard InChI is InChI=1S/C20H27FN4O/c21-16-3-4-19-18(13-16)20(26)14-17(22-19)15-25-11-9-24(10-12-25)8-7-23-5-1-2-6-23/h3-4,13-14H,1-2,5-12,15H2,(H,22,26). The Labute approximate surface area is 153 Å². The van der Waals surface area contributed by atoms with Crippen LogP contribution in [-0.4, -0.2) is 72.0 Å². The molecule has 5 nitrogen and oxygen atoms in total. The molecule has 2 aliphatic rings. The van der Waals surface area contributed by atoms with Crippen LogP contribution in [0.15, 0.2) is 29.1 Å². The van der Waals surface area contributed by atoms with Crippen LogP contribution in [-0.2, 0) is 6.54 Å². The molecule has 2 aliphatic heterocycles. The Kier molecular flexibility index (Phi) is 5.33. The van der Waals surface area contributed by atoms with E-state index in [2.05, 4.69) is 19.7 Å². The first-order chi connectivity index (χ1) is 12.7. The van der Waals surface area contributed by atoms with Gasteiger partial charge in [-0.25, -0.2) is 4.39 Å². The summed E-state index contributed by atoms with van der Waals surface area (Å²) < 4.78 is 13.3. The zero-order valence-corrected chi connectivity index (χ0v) is 15.2. The molecule has 140 valence electrons. The summed E-state index contributed by atoms with van der Waals surface area (Å²) in [6.07, 6.45) is 2.70. The van der Waals surface area contributed by atoms with Crippen molar-refractivity contribution in [2.45, 2.75) is 19.4 Å². The number of aromatic amines is 1. The van der Waals surface area contributed by atoms with Crippen molar-refractivity contribution in [1.82, 2.24) is 19.7 Å². The molecule has 4 rings (SSSR count). The largest absolute Gasteiger partial charge is 0.357 e. The fraction of sp³-hybridized carbons (Fsp3) is 0.550. The highest BCUT2D eigenvalue weighted by atomic mass is 19.1. The number of pyridine rings is 1. The second-order valence-corrected chi connectivity index (χ2v) is 7.52. The van der Waals surface area contributed by atoms with Crippen LogP contribution in [0.1, 0.15) is 18.5 Å². The summed E-state index contributed by atoms with van der Waals surface area (Å²) in [7, 11) is 0. The Balaban J connectivity index is 1.32. The number of hydrogen-bond donors (Lipinski definition) is 1. The minimum atomic E-state index is -0.374. The van der Waals surface area contributed by atoms with Gasteiger partial charge in [0, 0.05) is 68.5 Å². The van der Waals surface area contributed by atoms with Gasteiger partial charge in [-0.15, -0.1) is 0 Å². The molecular formula is C20H27FN4O. The molecule has 0 amide bonds. The van der Waals surface area contributed by atoms with Crippen LogP contribution in [0.3, 0.4) is 0 Å². The molecule has 0 atom stereocenters. The van der Waals surface area contributed by atoms with Crippen LogP contribution in [0.4, 0.5) is 4.39 Å². The number of aromatic nitrogens is 1. The van der Waals surface area contributed by atoms with E-state index in [1.54, 1.807) is 12.1 Å². The maximum Gasteiger partial charge on any atom is 0.189 e. The van der Waals surface area contributed by atoms with Crippen molar-refractivity contribution in [3.63, 3.8) is 0 Å².